The molecule has 2 heterocycles. The first-order valence-electron chi connectivity index (χ1n) is 6.81. The van der Waals surface area contributed by atoms with Gasteiger partial charge in [-0.2, -0.15) is 0 Å². The molecule has 1 N–H and O–H groups in total. The van der Waals surface area contributed by atoms with Crippen LogP contribution in [0.15, 0.2) is 35.1 Å². The molecule has 1 aromatic carbocycles. The van der Waals surface area contributed by atoms with Crippen LogP contribution in [0, 0.1) is 0 Å². The first-order chi connectivity index (χ1) is 11.1. The first-order valence-corrected chi connectivity index (χ1v) is 7.63. The molecule has 0 saturated carbocycles. The SMILES string of the molecule is COCc1nnc(NC(=O)c2cc(=O)n(C)c3ccccc23)s1. The highest BCUT2D eigenvalue weighted by Gasteiger charge is 2.15. The fourth-order valence-electron chi connectivity index (χ4n) is 2.25. The maximum absolute atomic E-state index is 12.5. The zero-order valence-corrected chi connectivity index (χ0v) is 13.4. The fourth-order valence-corrected chi connectivity index (χ4v) is 2.96. The number of amides is 1. The van der Waals surface area contributed by atoms with Crippen molar-refractivity contribution in [3.63, 3.8) is 0 Å². The lowest BCUT2D eigenvalue weighted by Crippen LogP contribution is -2.21. The van der Waals surface area contributed by atoms with Crippen molar-refractivity contribution >= 4 is 33.3 Å². The second-order valence-corrected chi connectivity index (χ2v) is 5.92. The van der Waals surface area contributed by atoms with Crippen LogP contribution in [-0.4, -0.2) is 27.8 Å². The Morgan fingerprint density at radius 3 is 2.91 bits per heavy atom. The number of para-hydroxylation sites is 1. The number of nitrogens with one attached hydrogen (secondary N) is 1. The van der Waals surface area contributed by atoms with Crippen molar-refractivity contribution in [3.05, 3.63) is 51.3 Å². The largest absolute Gasteiger partial charge is 0.377 e. The minimum absolute atomic E-state index is 0.244. The Morgan fingerprint density at radius 2 is 2.13 bits per heavy atom. The number of hydrogen-bond acceptors (Lipinski definition) is 6. The van der Waals surface area contributed by atoms with Gasteiger partial charge >= 0.3 is 0 Å². The number of rotatable bonds is 4. The fraction of sp³-hybridized carbons (Fsp3) is 0.200. The van der Waals surface area contributed by atoms with E-state index in [1.165, 1.54) is 22.0 Å². The highest BCUT2D eigenvalue weighted by Crippen LogP contribution is 2.20. The molecule has 7 nitrogen and oxygen atoms in total. The average Bonchev–Trinajstić information content (AvgIpc) is 2.98. The quantitative estimate of drug-likeness (QED) is 0.788. The van der Waals surface area contributed by atoms with Crippen LogP contribution < -0.4 is 10.9 Å². The number of nitrogens with zero attached hydrogens (tertiary/aromatic N) is 3. The molecule has 0 bridgehead atoms. The van der Waals surface area contributed by atoms with Gasteiger partial charge in [0.1, 0.15) is 11.6 Å². The van der Waals surface area contributed by atoms with Crippen molar-refractivity contribution in [1.82, 2.24) is 14.8 Å². The van der Waals surface area contributed by atoms with Gasteiger partial charge in [-0.05, 0) is 6.07 Å². The third-order valence-corrected chi connectivity index (χ3v) is 4.17. The molecule has 1 amide bonds. The Morgan fingerprint density at radius 1 is 1.35 bits per heavy atom. The predicted octanol–water partition coefficient (Wildman–Crippen LogP) is 1.79. The lowest BCUT2D eigenvalue weighted by molar-refractivity contribution is 0.102. The van der Waals surface area contributed by atoms with Gasteiger partial charge in [0.05, 0.1) is 11.1 Å². The molecule has 0 atom stereocenters. The number of methoxy groups -OCH3 is 1. The highest BCUT2D eigenvalue weighted by atomic mass is 32.1. The third kappa shape index (κ3) is 2.99. The Kier molecular flexibility index (Phi) is 4.18. The van der Waals surface area contributed by atoms with E-state index in [1.807, 2.05) is 12.1 Å². The zero-order chi connectivity index (χ0) is 16.4. The Hall–Kier alpha value is -2.58. The average molecular weight is 330 g/mol. The molecule has 0 spiro atoms. The van der Waals surface area contributed by atoms with Crippen LogP contribution in [0.1, 0.15) is 15.4 Å². The Balaban J connectivity index is 1.97. The summed E-state index contributed by atoms with van der Waals surface area (Å²) in [7, 11) is 3.24. The van der Waals surface area contributed by atoms with Gasteiger partial charge < -0.3 is 9.30 Å². The van der Waals surface area contributed by atoms with Crippen molar-refractivity contribution in [2.45, 2.75) is 6.61 Å². The second kappa shape index (κ2) is 6.27. The van der Waals surface area contributed by atoms with Gasteiger partial charge in [0, 0.05) is 25.6 Å². The van der Waals surface area contributed by atoms with E-state index >= 15 is 0 Å². The van der Waals surface area contributed by atoms with Gasteiger partial charge in [0.2, 0.25) is 5.13 Å². The van der Waals surface area contributed by atoms with E-state index in [1.54, 1.807) is 26.3 Å². The third-order valence-electron chi connectivity index (χ3n) is 3.35. The zero-order valence-electron chi connectivity index (χ0n) is 12.6. The van der Waals surface area contributed by atoms with E-state index in [-0.39, 0.29) is 11.5 Å². The maximum Gasteiger partial charge on any atom is 0.258 e. The molecule has 3 aromatic rings. The van der Waals surface area contributed by atoms with Gasteiger partial charge in [-0.1, -0.05) is 29.5 Å². The monoisotopic (exact) mass is 330 g/mol. The normalized spacial score (nSPS) is 10.9. The molecule has 8 heteroatoms. The highest BCUT2D eigenvalue weighted by molar-refractivity contribution is 7.15. The van der Waals surface area contributed by atoms with E-state index in [0.717, 1.165) is 0 Å². The van der Waals surface area contributed by atoms with E-state index in [0.29, 0.717) is 33.2 Å². The summed E-state index contributed by atoms with van der Waals surface area (Å²) in [5, 5.41) is 12.2. The smallest absolute Gasteiger partial charge is 0.258 e. The van der Waals surface area contributed by atoms with Crippen molar-refractivity contribution < 1.29 is 9.53 Å². The predicted molar refractivity (Wildman–Crippen MR) is 87.8 cm³/mol. The number of carbonyl (C=O) groups is 1. The number of aryl methyl sites for hydroxylation is 1. The number of benzene rings is 1. The summed E-state index contributed by atoms with van der Waals surface area (Å²) >= 11 is 1.23. The van der Waals surface area contributed by atoms with E-state index < -0.39 is 0 Å². The molecule has 0 radical (unpaired) electrons. The van der Waals surface area contributed by atoms with Crippen molar-refractivity contribution in [2.75, 3.05) is 12.4 Å². The molecule has 0 unspecified atom stereocenters. The molecule has 0 fully saturated rings. The van der Waals surface area contributed by atoms with E-state index in [4.69, 9.17) is 4.74 Å². The molecule has 0 aliphatic heterocycles. The lowest BCUT2D eigenvalue weighted by atomic mass is 10.1. The topological polar surface area (TPSA) is 86.1 Å². The van der Waals surface area contributed by atoms with Gasteiger partial charge in [-0.15, -0.1) is 10.2 Å². The number of aromatic nitrogens is 3. The molecule has 0 aliphatic rings. The summed E-state index contributed by atoms with van der Waals surface area (Å²) in [5.41, 5.74) is 0.765. The summed E-state index contributed by atoms with van der Waals surface area (Å²) in [4.78, 5) is 24.5. The Labute approximate surface area is 135 Å². The molecule has 3 rings (SSSR count). The molecule has 2 aromatic heterocycles. The van der Waals surface area contributed by atoms with Crippen molar-refractivity contribution in [1.29, 1.82) is 0 Å². The van der Waals surface area contributed by atoms with Crippen LogP contribution in [0.2, 0.25) is 0 Å². The Bertz CT molecular complexity index is 932. The number of anilines is 1. The van der Waals surface area contributed by atoms with Crippen LogP contribution in [-0.2, 0) is 18.4 Å². The molecular formula is C15H14N4O3S. The van der Waals surface area contributed by atoms with Crippen LogP contribution >= 0.6 is 11.3 Å². The molecule has 23 heavy (non-hydrogen) atoms. The molecular weight excluding hydrogens is 316 g/mol. The summed E-state index contributed by atoms with van der Waals surface area (Å²) < 4.78 is 6.48. The van der Waals surface area contributed by atoms with E-state index in [2.05, 4.69) is 15.5 Å². The minimum Gasteiger partial charge on any atom is -0.377 e. The van der Waals surface area contributed by atoms with Crippen LogP contribution in [0.3, 0.4) is 0 Å². The van der Waals surface area contributed by atoms with Crippen molar-refractivity contribution in [2.24, 2.45) is 7.05 Å². The summed E-state index contributed by atoms with van der Waals surface area (Å²) in [6, 6.07) is 8.58. The van der Waals surface area contributed by atoms with Gasteiger partial charge in [-0.25, -0.2) is 0 Å². The number of fused-ring (bicyclic) bond motifs is 1. The molecule has 0 saturated heterocycles. The van der Waals surface area contributed by atoms with E-state index in [9.17, 15) is 9.59 Å². The van der Waals surface area contributed by atoms with Crippen LogP contribution in [0.25, 0.3) is 10.9 Å². The number of pyridine rings is 1. The molecule has 118 valence electrons. The van der Waals surface area contributed by atoms with Crippen LogP contribution in [0.4, 0.5) is 5.13 Å². The number of ether oxygens (including phenoxy) is 1. The summed E-state index contributed by atoms with van der Waals surface area (Å²) in [6.45, 7) is 0.336. The molecule has 0 aliphatic carbocycles. The minimum atomic E-state index is -0.390. The van der Waals surface area contributed by atoms with Gasteiger partial charge in [0.25, 0.3) is 11.5 Å². The standard InChI is InChI=1S/C15H14N4O3S/c1-19-11-6-4-3-5-9(11)10(7-13(19)20)14(21)16-15-18-17-12(23-15)8-22-2/h3-7H,8H2,1-2H3,(H,16,18,21). The van der Waals surface area contributed by atoms with Crippen LogP contribution in [0.5, 0.6) is 0 Å². The first kappa shape index (κ1) is 15.3. The summed E-state index contributed by atoms with van der Waals surface area (Å²) in [5.74, 6) is -0.390. The maximum atomic E-state index is 12.5. The lowest BCUT2D eigenvalue weighted by Gasteiger charge is -2.09. The second-order valence-electron chi connectivity index (χ2n) is 4.86. The van der Waals surface area contributed by atoms with Gasteiger partial charge in [0.15, 0.2) is 0 Å². The number of carbonyl (C=O) groups excluding carboxylic acids is 1. The van der Waals surface area contributed by atoms with Crippen molar-refractivity contribution in [3.8, 4) is 0 Å². The summed E-state index contributed by atoms with van der Waals surface area (Å²) in [6.07, 6.45) is 0. The van der Waals surface area contributed by atoms with Gasteiger partial charge in [-0.3, -0.25) is 14.9 Å². The number of hydrogen-bond donors (Lipinski definition) is 1.